The van der Waals surface area contributed by atoms with Crippen molar-refractivity contribution in [2.45, 2.75) is 32.2 Å². The summed E-state index contributed by atoms with van der Waals surface area (Å²) in [5, 5.41) is 0.605. The fraction of sp³-hybridized carbons (Fsp3) is 0.583. The molecule has 1 saturated carbocycles. The molecule has 2 N–H and O–H groups in total. The van der Waals surface area contributed by atoms with Gasteiger partial charge in [0.25, 0.3) is 0 Å². The molecule has 88 valence electrons. The van der Waals surface area contributed by atoms with Crippen LogP contribution >= 0.6 is 11.6 Å². The van der Waals surface area contributed by atoms with Crippen molar-refractivity contribution in [3.8, 4) is 5.88 Å². The number of hydrogen-bond acceptors (Lipinski definition) is 3. The van der Waals surface area contributed by atoms with E-state index in [9.17, 15) is 0 Å². The molecule has 2 rings (SSSR count). The quantitative estimate of drug-likeness (QED) is 0.861. The Kier molecular flexibility index (Phi) is 4.02. The first-order valence-electron chi connectivity index (χ1n) is 5.78. The zero-order valence-electron chi connectivity index (χ0n) is 9.29. The number of hydrogen-bond donors (Lipinski definition) is 1. The third-order valence-corrected chi connectivity index (χ3v) is 3.43. The van der Waals surface area contributed by atoms with E-state index in [2.05, 4.69) is 4.98 Å². The van der Waals surface area contributed by atoms with Gasteiger partial charge in [-0.05, 0) is 18.4 Å². The van der Waals surface area contributed by atoms with Crippen LogP contribution in [0.2, 0.25) is 5.02 Å². The van der Waals surface area contributed by atoms with Crippen molar-refractivity contribution in [1.82, 2.24) is 4.98 Å². The van der Waals surface area contributed by atoms with Crippen LogP contribution in [0.3, 0.4) is 0 Å². The van der Waals surface area contributed by atoms with Crippen LogP contribution in [0.15, 0.2) is 12.1 Å². The number of nitrogens with two attached hydrogens (primary N) is 1. The van der Waals surface area contributed by atoms with E-state index in [4.69, 9.17) is 22.1 Å². The summed E-state index contributed by atoms with van der Waals surface area (Å²) in [7, 11) is 0. The molecular formula is C12H17ClN2O. The molecule has 3 nitrogen and oxygen atoms in total. The SMILES string of the molecule is NCc1nc(OCCC2CCC2)ccc1Cl. The third kappa shape index (κ3) is 2.86. The lowest BCUT2D eigenvalue weighted by Crippen LogP contribution is -2.15. The highest BCUT2D eigenvalue weighted by atomic mass is 35.5. The van der Waals surface area contributed by atoms with Crippen LogP contribution in [0.25, 0.3) is 0 Å². The summed E-state index contributed by atoms with van der Waals surface area (Å²) < 4.78 is 5.58. The molecule has 0 atom stereocenters. The molecule has 1 fully saturated rings. The van der Waals surface area contributed by atoms with Crippen molar-refractivity contribution < 1.29 is 4.74 Å². The fourth-order valence-corrected chi connectivity index (χ4v) is 1.98. The molecule has 1 heterocycles. The lowest BCUT2D eigenvalue weighted by Gasteiger charge is -2.24. The average Bonchev–Trinajstić information content (AvgIpc) is 2.24. The van der Waals surface area contributed by atoms with Gasteiger partial charge < -0.3 is 10.5 Å². The maximum atomic E-state index is 5.91. The number of ether oxygens (including phenoxy) is 1. The number of nitrogens with zero attached hydrogens (tertiary/aromatic N) is 1. The van der Waals surface area contributed by atoms with E-state index in [1.165, 1.54) is 19.3 Å². The molecule has 1 aliphatic carbocycles. The Morgan fingerprint density at radius 1 is 1.44 bits per heavy atom. The molecule has 1 aliphatic rings. The lowest BCUT2D eigenvalue weighted by atomic mass is 9.83. The first-order chi connectivity index (χ1) is 7.79. The normalized spacial score (nSPS) is 15.9. The van der Waals surface area contributed by atoms with Crippen LogP contribution in [-0.4, -0.2) is 11.6 Å². The van der Waals surface area contributed by atoms with Gasteiger partial charge >= 0.3 is 0 Å². The minimum atomic E-state index is 0.346. The summed E-state index contributed by atoms with van der Waals surface area (Å²) >= 11 is 5.91. The van der Waals surface area contributed by atoms with Crippen molar-refractivity contribution in [2.75, 3.05) is 6.61 Å². The van der Waals surface area contributed by atoms with Gasteiger partial charge in [0.2, 0.25) is 5.88 Å². The molecule has 0 unspecified atom stereocenters. The summed E-state index contributed by atoms with van der Waals surface area (Å²) in [5.74, 6) is 1.49. The van der Waals surface area contributed by atoms with Crippen molar-refractivity contribution >= 4 is 11.6 Å². The molecule has 0 aliphatic heterocycles. The smallest absolute Gasteiger partial charge is 0.213 e. The van der Waals surface area contributed by atoms with Gasteiger partial charge in [-0.3, -0.25) is 0 Å². The minimum Gasteiger partial charge on any atom is -0.478 e. The van der Waals surface area contributed by atoms with E-state index < -0.39 is 0 Å². The number of rotatable bonds is 5. The maximum absolute atomic E-state index is 5.91. The van der Waals surface area contributed by atoms with E-state index in [1.54, 1.807) is 12.1 Å². The van der Waals surface area contributed by atoms with Crippen molar-refractivity contribution in [1.29, 1.82) is 0 Å². The minimum absolute atomic E-state index is 0.346. The standard InChI is InChI=1S/C12H17ClN2O/c13-10-4-5-12(15-11(10)8-14)16-7-6-9-2-1-3-9/h4-5,9H,1-3,6-8,14H2. The summed E-state index contributed by atoms with van der Waals surface area (Å²) in [6, 6.07) is 3.58. The Balaban J connectivity index is 1.83. The van der Waals surface area contributed by atoms with Gasteiger partial charge in [0.15, 0.2) is 0 Å². The summed E-state index contributed by atoms with van der Waals surface area (Å²) in [5.41, 5.74) is 6.22. The average molecular weight is 241 g/mol. The van der Waals surface area contributed by atoms with Crippen molar-refractivity contribution in [3.63, 3.8) is 0 Å². The Labute approximate surface area is 101 Å². The molecule has 16 heavy (non-hydrogen) atoms. The number of aromatic nitrogens is 1. The monoisotopic (exact) mass is 240 g/mol. The molecule has 1 aromatic heterocycles. The number of pyridine rings is 1. The topological polar surface area (TPSA) is 48.1 Å². The highest BCUT2D eigenvalue weighted by Crippen LogP contribution is 2.29. The van der Waals surface area contributed by atoms with Crippen LogP contribution < -0.4 is 10.5 Å². The van der Waals surface area contributed by atoms with Gasteiger partial charge in [0, 0.05) is 12.6 Å². The molecule has 0 bridgehead atoms. The highest BCUT2D eigenvalue weighted by molar-refractivity contribution is 6.31. The molecule has 0 radical (unpaired) electrons. The third-order valence-electron chi connectivity index (χ3n) is 3.09. The largest absolute Gasteiger partial charge is 0.478 e. The summed E-state index contributed by atoms with van der Waals surface area (Å²) in [6.07, 6.45) is 5.21. The molecule has 0 spiro atoms. The van der Waals surface area contributed by atoms with Crippen molar-refractivity contribution in [3.05, 3.63) is 22.8 Å². The van der Waals surface area contributed by atoms with Gasteiger partial charge in [0.1, 0.15) is 0 Å². The van der Waals surface area contributed by atoms with Gasteiger partial charge in [-0.1, -0.05) is 30.9 Å². The Bertz CT molecular complexity index is 353. The fourth-order valence-electron chi connectivity index (χ4n) is 1.80. The van der Waals surface area contributed by atoms with E-state index in [0.717, 1.165) is 18.9 Å². The Morgan fingerprint density at radius 3 is 2.88 bits per heavy atom. The highest BCUT2D eigenvalue weighted by Gasteiger charge is 2.16. The van der Waals surface area contributed by atoms with Gasteiger partial charge in [0.05, 0.1) is 17.3 Å². The number of halogens is 1. The molecule has 4 heteroatoms. The second kappa shape index (κ2) is 5.51. The lowest BCUT2D eigenvalue weighted by molar-refractivity contribution is 0.217. The second-order valence-corrected chi connectivity index (χ2v) is 4.62. The predicted octanol–water partition coefficient (Wildman–Crippen LogP) is 2.76. The van der Waals surface area contributed by atoms with E-state index in [0.29, 0.717) is 23.1 Å². The van der Waals surface area contributed by atoms with Crippen LogP contribution in [0, 0.1) is 5.92 Å². The zero-order chi connectivity index (χ0) is 11.4. The molecule has 0 saturated heterocycles. The predicted molar refractivity (Wildman–Crippen MR) is 64.6 cm³/mol. The maximum Gasteiger partial charge on any atom is 0.213 e. The van der Waals surface area contributed by atoms with Gasteiger partial charge in [-0.25, -0.2) is 4.98 Å². The Morgan fingerprint density at radius 2 is 2.25 bits per heavy atom. The van der Waals surface area contributed by atoms with Gasteiger partial charge in [-0.2, -0.15) is 0 Å². The molecular weight excluding hydrogens is 224 g/mol. The molecule has 0 aromatic carbocycles. The van der Waals surface area contributed by atoms with Crippen LogP contribution in [0.1, 0.15) is 31.4 Å². The first kappa shape index (κ1) is 11.7. The first-order valence-corrected chi connectivity index (χ1v) is 6.15. The van der Waals surface area contributed by atoms with E-state index >= 15 is 0 Å². The zero-order valence-corrected chi connectivity index (χ0v) is 10.0. The summed E-state index contributed by atoms with van der Waals surface area (Å²) in [6.45, 7) is 1.09. The van der Waals surface area contributed by atoms with Crippen LogP contribution in [0.4, 0.5) is 0 Å². The Hall–Kier alpha value is -0.800. The summed E-state index contributed by atoms with van der Waals surface area (Å²) in [4.78, 5) is 4.25. The van der Waals surface area contributed by atoms with E-state index in [-0.39, 0.29) is 0 Å². The van der Waals surface area contributed by atoms with Gasteiger partial charge in [-0.15, -0.1) is 0 Å². The van der Waals surface area contributed by atoms with Crippen LogP contribution in [0.5, 0.6) is 5.88 Å². The molecule has 0 amide bonds. The van der Waals surface area contributed by atoms with Crippen molar-refractivity contribution in [2.24, 2.45) is 11.7 Å². The van der Waals surface area contributed by atoms with Crippen LogP contribution in [-0.2, 0) is 6.54 Å². The molecule has 1 aromatic rings. The van der Waals surface area contributed by atoms with E-state index in [1.807, 2.05) is 0 Å². The second-order valence-electron chi connectivity index (χ2n) is 4.22.